The van der Waals surface area contributed by atoms with Gasteiger partial charge in [-0.3, -0.25) is 19.6 Å². The number of nitrogens with zero attached hydrogens (tertiary/aromatic N) is 2. The zero-order valence-electron chi connectivity index (χ0n) is 26.0. The molecule has 2 heterocycles. The maximum atomic E-state index is 9.37. The Morgan fingerprint density at radius 2 is 0.851 bits per heavy atom. The van der Waals surface area contributed by atoms with Gasteiger partial charge in [-0.25, -0.2) is 0 Å². The van der Waals surface area contributed by atoms with E-state index in [0.29, 0.717) is 22.6 Å². The van der Waals surface area contributed by atoms with Crippen molar-refractivity contribution in [2.45, 2.75) is 13.8 Å². The van der Waals surface area contributed by atoms with Gasteiger partial charge in [0.1, 0.15) is 0 Å². The molecule has 0 aliphatic heterocycles. The van der Waals surface area contributed by atoms with Gasteiger partial charge in [0, 0.05) is 34.1 Å². The molecule has 0 saturated carbocycles. The van der Waals surface area contributed by atoms with Crippen molar-refractivity contribution >= 4 is 33.4 Å². The molecule has 4 aromatic carbocycles. The number of ketones is 2. The molecule has 0 bridgehead atoms. The SMILES string of the molecule is CC(O)=CC(=[OH+])c1ccccc1.CC(O)=CC(=[OH+])c1ccccc1.[OH2+]c1ccnc2ccccc12.[OH2+]c1ccnc2ccccc12.[Ti]. The number of benzene rings is 4. The molecule has 6 aromatic rings. The molecular weight excluding hydrogens is 628 g/mol. The minimum absolute atomic E-state index is 0. The third-order valence-corrected chi connectivity index (χ3v) is 6.13. The first-order valence-electron chi connectivity index (χ1n) is 14.2. The van der Waals surface area contributed by atoms with E-state index in [1.165, 1.54) is 26.0 Å². The summed E-state index contributed by atoms with van der Waals surface area (Å²) in [5, 5.41) is 34.6. The molecule has 0 aliphatic carbocycles. The van der Waals surface area contributed by atoms with Crippen molar-refractivity contribution in [2.75, 3.05) is 0 Å². The van der Waals surface area contributed by atoms with Crippen LogP contribution >= 0.6 is 0 Å². The molecule has 0 atom stereocenters. The van der Waals surface area contributed by atoms with Crippen LogP contribution in [0.25, 0.3) is 21.8 Å². The van der Waals surface area contributed by atoms with Crippen LogP contribution in [-0.4, -0.2) is 51.5 Å². The van der Waals surface area contributed by atoms with Gasteiger partial charge in [0.25, 0.3) is 11.5 Å². The molecule has 0 spiro atoms. The van der Waals surface area contributed by atoms with E-state index in [0.717, 1.165) is 21.8 Å². The number of fused-ring (bicyclic) bond motifs is 2. The number of aromatic nitrogens is 2. The van der Waals surface area contributed by atoms with Gasteiger partial charge >= 0.3 is 11.6 Å². The van der Waals surface area contributed by atoms with Crippen molar-refractivity contribution in [3.63, 3.8) is 0 Å². The Morgan fingerprint density at radius 1 is 0.532 bits per heavy atom. The molecule has 2 aromatic heterocycles. The van der Waals surface area contributed by atoms with E-state index < -0.39 is 0 Å². The van der Waals surface area contributed by atoms with Crippen molar-refractivity contribution in [1.82, 2.24) is 9.97 Å². The Morgan fingerprint density at radius 3 is 1.17 bits per heavy atom. The fraction of sp³-hybridized carbons (Fsp3) is 0.0526. The summed E-state index contributed by atoms with van der Waals surface area (Å²) in [6, 6.07) is 36.8. The monoisotopic (exact) mass is 666 g/mol. The second-order valence-corrected chi connectivity index (χ2v) is 9.83. The molecule has 0 aliphatic rings. The minimum atomic E-state index is 0. The van der Waals surface area contributed by atoms with Crippen LogP contribution in [0.15, 0.2) is 157 Å². The smallest absolute Gasteiger partial charge is 0.350 e. The third-order valence-electron chi connectivity index (χ3n) is 6.13. The Hall–Kier alpha value is -5.57. The molecule has 0 unspecified atom stereocenters. The van der Waals surface area contributed by atoms with Crippen molar-refractivity contribution in [3.05, 3.63) is 169 Å². The van der Waals surface area contributed by atoms with Crippen molar-refractivity contribution in [2.24, 2.45) is 0 Å². The molecule has 236 valence electrons. The summed E-state index contributed by atoms with van der Waals surface area (Å²) in [4.78, 5) is 27.0. The van der Waals surface area contributed by atoms with Crippen LogP contribution < -0.4 is 0 Å². The molecule has 0 radical (unpaired) electrons. The van der Waals surface area contributed by atoms with Crippen LogP contribution in [0.3, 0.4) is 0 Å². The number of para-hydroxylation sites is 2. The first kappa shape index (κ1) is 37.6. The van der Waals surface area contributed by atoms with E-state index >= 15 is 0 Å². The van der Waals surface area contributed by atoms with E-state index in [1.54, 1.807) is 48.8 Å². The number of hydrogen-bond donors (Lipinski definition) is 2. The van der Waals surface area contributed by atoms with Gasteiger partial charge in [-0.15, -0.1) is 0 Å². The average molecular weight is 667 g/mol. The quantitative estimate of drug-likeness (QED) is 0.0660. The second-order valence-electron chi connectivity index (χ2n) is 9.83. The molecule has 8 N–H and O–H groups in total. The fourth-order valence-corrected chi connectivity index (χ4v) is 3.97. The summed E-state index contributed by atoms with van der Waals surface area (Å²) < 4.78 is 0. The minimum Gasteiger partial charge on any atom is -0.593 e. The summed E-state index contributed by atoms with van der Waals surface area (Å²) in [5.41, 5.74) is 3.18. The summed E-state index contributed by atoms with van der Waals surface area (Å²) in [6.07, 6.45) is 5.94. The van der Waals surface area contributed by atoms with Crippen LogP contribution in [0, 0.1) is 0 Å². The summed E-state index contributed by atoms with van der Waals surface area (Å²) in [5.74, 6) is 1.42. The topological polar surface area (TPSA) is 155 Å². The van der Waals surface area contributed by atoms with Crippen LogP contribution in [0.5, 0.6) is 11.5 Å². The van der Waals surface area contributed by atoms with Gasteiger partial charge < -0.3 is 20.4 Å². The van der Waals surface area contributed by atoms with E-state index in [9.17, 15) is 9.59 Å². The van der Waals surface area contributed by atoms with Crippen LogP contribution in [0.4, 0.5) is 0 Å². The number of aliphatic hydroxyl groups excluding tert-OH is 2. The van der Waals surface area contributed by atoms with E-state index in [-0.39, 0.29) is 44.8 Å². The van der Waals surface area contributed by atoms with Gasteiger partial charge in [0.2, 0.25) is 0 Å². The zero-order valence-corrected chi connectivity index (χ0v) is 27.6. The predicted octanol–water partition coefficient (Wildman–Crippen LogP) is 7.43. The van der Waals surface area contributed by atoms with E-state index in [2.05, 4.69) is 9.97 Å². The number of hydrogen-bond acceptors (Lipinski definition) is 4. The molecule has 6 rings (SSSR count). The number of pyridine rings is 2. The number of allylic oxidation sites excluding steroid dienone is 4. The van der Waals surface area contributed by atoms with Gasteiger partial charge in [-0.05, 0) is 62.4 Å². The Kier molecular flexibility index (Phi) is 15.8. The standard InChI is InChI=1S/2C10H10O2.2C9H7NO.Ti/c2*1-8(11)7-10(12)9-5-3-2-4-6-9;2*11-9-5-6-10-8-4-2-1-3-7(8)9;/h2*2-7,11H,1H3;2*1-6H,(H,10,11);/p+4. The van der Waals surface area contributed by atoms with Crippen LogP contribution in [0.1, 0.15) is 25.0 Å². The Labute approximate surface area is 287 Å². The largest absolute Gasteiger partial charge is 0.593 e. The molecular formula is C38H38N2O6Ti+4. The normalized spacial score (nSPS) is 10.5. The maximum Gasteiger partial charge on any atom is 0.350 e. The molecule has 9 heteroatoms. The van der Waals surface area contributed by atoms with Crippen molar-refractivity contribution in [1.29, 1.82) is 0 Å². The number of rotatable bonds is 4. The first-order valence-corrected chi connectivity index (χ1v) is 14.2. The third kappa shape index (κ3) is 12.8. The molecule has 47 heavy (non-hydrogen) atoms. The van der Waals surface area contributed by atoms with Crippen LogP contribution in [0.2, 0.25) is 0 Å². The predicted molar refractivity (Wildman–Crippen MR) is 187 cm³/mol. The van der Waals surface area contributed by atoms with Gasteiger partial charge in [-0.2, -0.15) is 0 Å². The Bertz CT molecular complexity index is 1780. The maximum absolute atomic E-state index is 9.37. The number of aliphatic hydroxyl groups is 2. The first-order chi connectivity index (χ1) is 22.2. The molecule has 8 nitrogen and oxygen atoms in total. The zero-order chi connectivity index (χ0) is 33.3. The van der Waals surface area contributed by atoms with Crippen LogP contribution in [-0.2, 0) is 21.7 Å². The molecule has 0 fully saturated rings. The van der Waals surface area contributed by atoms with Gasteiger partial charge in [0.05, 0.1) is 68.7 Å². The summed E-state index contributed by atoms with van der Waals surface area (Å²) >= 11 is 0. The molecule has 0 saturated heterocycles. The van der Waals surface area contributed by atoms with Crippen molar-refractivity contribution in [3.8, 4) is 11.5 Å². The van der Waals surface area contributed by atoms with Crippen molar-refractivity contribution < 1.29 is 51.7 Å². The molecule has 0 amide bonds. The van der Waals surface area contributed by atoms with Gasteiger partial charge in [-0.1, -0.05) is 60.7 Å². The van der Waals surface area contributed by atoms with E-state index in [4.69, 9.17) is 20.4 Å². The van der Waals surface area contributed by atoms with E-state index in [1.807, 2.05) is 84.9 Å². The second kappa shape index (κ2) is 19.7. The number of carbonyl (C=O) groups excluding carboxylic acids is 2. The van der Waals surface area contributed by atoms with Gasteiger partial charge in [0.15, 0.2) is 0 Å². The fourth-order valence-electron chi connectivity index (χ4n) is 3.97. The summed E-state index contributed by atoms with van der Waals surface area (Å²) in [6.45, 7) is 3.03. The summed E-state index contributed by atoms with van der Waals surface area (Å²) in [7, 11) is 0. The average Bonchev–Trinajstić information content (AvgIpc) is 3.06. The Balaban J connectivity index is 0.000000216.